The maximum absolute atomic E-state index is 3.40. The first-order chi connectivity index (χ1) is 8.08. The smallest absolute Gasteiger partial charge is 0.0355 e. The van der Waals surface area contributed by atoms with Crippen molar-refractivity contribution in [1.29, 1.82) is 0 Å². The molecule has 2 atom stereocenters. The molecule has 1 N–H and O–H groups in total. The Morgan fingerprint density at radius 2 is 2.00 bits per heavy atom. The van der Waals surface area contributed by atoms with Gasteiger partial charge >= 0.3 is 0 Å². The number of hydrogen-bond acceptors (Lipinski definition) is 1. The van der Waals surface area contributed by atoms with E-state index >= 15 is 0 Å². The summed E-state index contributed by atoms with van der Waals surface area (Å²) in [5, 5.41) is 3.40. The van der Waals surface area contributed by atoms with Gasteiger partial charge in [0.05, 0.1) is 0 Å². The van der Waals surface area contributed by atoms with Gasteiger partial charge in [-0.05, 0) is 36.9 Å². The van der Waals surface area contributed by atoms with Crippen molar-refractivity contribution < 1.29 is 0 Å². The Bertz CT molecular complexity index is 314. The minimum atomic E-state index is 0.470. The summed E-state index contributed by atoms with van der Waals surface area (Å²) in [5.74, 6) is 1.40. The Morgan fingerprint density at radius 3 is 2.53 bits per heavy atom. The highest BCUT2D eigenvalue weighted by atomic mass is 15.0. The van der Waals surface area contributed by atoms with Gasteiger partial charge in [0.1, 0.15) is 0 Å². The van der Waals surface area contributed by atoms with Gasteiger partial charge in [0, 0.05) is 25.0 Å². The summed E-state index contributed by atoms with van der Waals surface area (Å²) in [5.41, 5.74) is 1.41. The lowest BCUT2D eigenvalue weighted by Gasteiger charge is -2.19. The van der Waals surface area contributed by atoms with Crippen molar-refractivity contribution in [3.63, 3.8) is 0 Å². The molecule has 0 saturated heterocycles. The Balaban J connectivity index is 2.64. The first-order valence-electron chi connectivity index (χ1n) is 6.91. The average Bonchev–Trinajstić information content (AvgIpc) is 2.67. The van der Waals surface area contributed by atoms with Crippen LogP contribution in [0.3, 0.4) is 0 Å². The van der Waals surface area contributed by atoms with Crippen molar-refractivity contribution in [2.75, 3.05) is 7.05 Å². The van der Waals surface area contributed by atoms with Crippen LogP contribution in [0.25, 0.3) is 0 Å². The van der Waals surface area contributed by atoms with Crippen LogP contribution in [0, 0.1) is 11.8 Å². The van der Waals surface area contributed by atoms with E-state index in [1.807, 2.05) is 7.05 Å². The number of aromatic nitrogens is 1. The Labute approximate surface area is 106 Å². The molecule has 0 fully saturated rings. The molecule has 1 aromatic rings. The van der Waals surface area contributed by atoms with Gasteiger partial charge in [-0.3, -0.25) is 0 Å². The van der Waals surface area contributed by atoms with Gasteiger partial charge in [0.15, 0.2) is 0 Å². The van der Waals surface area contributed by atoms with E-state index in [0.29, 0.717) is 12.0 Å². The highest BCUT2D eigenvalue weighted by molar-refractivity contribution is 5.16. The van der Waals surface area contributed by atoms with E-state index in [9.17, 15) is 0 Å². The molecule has 2 unspecified atom stereocenters. The second-order valence-corrected chi connectivity index (χ2v) is 5.55. The van der Waals surface area contributed by atoms with Crippen molar-refractivity contribution >= 4 is 0 Å². The first-order valence-corrected chi connectivity index (χ1v) is 6.91. The lowest BCUT2D eigenvalue weighted by Crippen LogP contribution is -2.21. The largest absolute Gasteiger partial charge is 0.354 e. The fraction of sp³-hybridized carbons (Fsp3) is 0.733. The number of nitrogens with one attached hydrogen (secondary N) is 1. The van der Waals surface area contributed by atoms with Crippen molar-refractivity contribution in [2.45, 2.75) is 53.1 Å². The summed E-state index contributed by atoms with van der Waals surface area (Å²) in [7, 11) is 2.04. The van der Waals surface area contributed by atoms with Gasteiger partial charge in [-0.2, -0.15) is 0 Å². The van der Waals surface area contributed by atoms with Gasteiger partial charge in [-0.1, -0.05) is 34.1 Å². The molecule has 1 rings (SSSR count). The molecule has 2 nitrogen and oxygen atoms in total. The van der Waals surface area contributed by atoms with Crippen LogP contribution in [0.2, 0.25) is 0 Å². The second-order valence-electron chi connectivity index (χ2n) is 5.55. The molecule has 0 amide bonds. The van der Waals surface area contributed by atoms with Crippen molar-refractivity contribution in [3.8, 4) is 0 Å². The zero-order valence-corrected chi connectivity index (χ0v) is 12.0. The van der Waals surface area contributed by atoms with Crippen molar-refractivity contribution in [1.82, 2.24) is 9.88 Å². The molecule has 1 heterocycles. The Morgan fingerprint density at radius 1 is 1.29 bits per heavy atom. The van der Waals surface area contributed by atoms with Gasteiger partial charge in [-0.15, -0.1) is 0 Å². The maximum Gasteiger partial charge on any atom is 0.0355 e. The molecule has 98 valence electrons. The predicted octanol–water partition coefficient (Wildman–Crippen LogP) is 3.84. The van der Waals surface area contributed by atoms with Gasteiger partial charge in [-0.25, -0.2) is 0 Å². The molecular formula is C15H28N2. The summed E-state index contributed by atoms with van der Waals surface area (Å²) in [6.45, 7) is 10.3. The second kappa shape index (κ2) is 6.85. The van der Waals surface area contributed by atoms with E-state index in [4.69, 9.17) is 0 Å². The van der Waals surface area contributed by atoms with Crippen LogP contribution in [0.5, 0.6) is 0 Å². The topological polar surface area (TPSA) is 17.0 Å². The van der Waals surface area contributed by atoms with Gasteiger partial charge in [0.2, 0.25) is 0 Å². The standard InChI is InChI=1S/C15H28N2/c1-6-7-13(4)10-17-9-8-14(11-17)15(16-5)12(2)3/h8-9,11-13,15-16H,6-7,10H2,1-5H3. The number of nitrogens with zero attached hydrogens (tertiary/aromatic N) is 1. The lowest BCUT2D eigenvalue weighted by molar-refractivity contribution is 0.433. The molecule has 0 aromatic carbocycles. The van der Waals surface area contributed by atoms with E-state index in [1.54, 1.807) is 0 Å². The molecule has 0 aliphatic rings. The Hall–Kier alpha value is -0.760. The van der Waals surface area contributed by atoms with E-state index in [0.717, 1.165) is 12.5 Å². The minimum absolute atomic E-state index is 0.470. The summed E-state index contributed by atoms with van der Waals surface area (Å²) in [6, 6.07) is 2.72. The predicted molar refractivity (Wildman–Crippen MR) is 75.1 cm³/mol. The summed E-state index contributed by atoms with van der Waals surface area (Å²) >= 11 is 0. The van der Waals surface area contributed by atoms with Crippen LogP contribution in [-0.4, -0.2) is 11.6 Å². The molecule has 0 spiro atoms. The minimum Gasteiger partial charge on any atom is -0.354 e. The van der Waals surface area contributed by atoms with Crippen molar-refractivity contribution in [3.05, 3.63) is 24.0 Å². The molecule has 1 aromatic heterocycles. The van der Waals surface area contributed by atoms with Crippen LogP contribution in [0.4, 0.5) is 0 Å². The van der Waals surface area contributed by atoms with Crippen LogP contribution in [0.15, 0.2) is 18.5 Å². The van der Waals surface area contributed by atoms with Crippen molar-refractivity contribution in [2.24, 2.45) is 11.8 Å². The highest BCUT2D eigenvalue weighted by Gasteiger charge is 2.14. The summed E-state index contributed by atoms with van der Waals surface area (Å²) in [6.07, 6.45) is 7.11. The molecular weight excluding hydrogens is 208 g/mol. The first kappa shape index (κ1) is 14.3. The van der Waals surface area contributed by atoms with Crippen LogP contribution in [-0.2, 0) is 6.54 Å². The van der Waals surface area contributed by atoms with E-state index < -0.39 is 0 Å². The fourth-order valence-electron chi connectivity index (χ4n) is 2.59. The Kier molecular flexibility index (Phi) is 5.76. The average molecular weight is 236 g/mol. The van der Waals surface area contributed by atoms with Crippen LogP contribution < -0.4 is 5.32 Å². The van der Waals surface area contributed by atoms with Gasteiger partial charge < -0.3 is 9.88 Å². The van der Waals surface area contributed by atoms with E-state index in [2.05, 4.69) is 56.0 Å². The molecule has 0 radical (unpaired) electrons. The third-order valence-corrected chi connectivity index (χ3v) is 3.41. The number of rotatable bonds is 7. The normalized spacial score (nSPS) is 15.2. The summed E-state index contributed by atoms with van der Waals surface area (Å²) < 4.78 is 2.34. The quantitative estimate of drug-likeness (QED) is 0.761. The van der Waals surface area contributed by atoms with Crippen LogP contribution >= 0.6 is 0 Å². The third-order valence-electron chi connectivity index (χ3n) is 3.41. The maximum atomic E-state index is 3.40. The fourth-order valence-corrected chi connectivity index (χ4v) is 2.59. The SMILES string of the molecule is CCCC(C)Cn1ccc(C(NC)C(C)C)c1. The molecule has 0 aliphatic carbocycles. The zero-order valence-electron chi connectivity index (χ0n) is 12.0. The molecule has 0 bridgehead atoms. The molecule has 17 heavy (non-hydrogen) atoms. The number of hydrogen-bond donors (Lipinski definition) is 1. The zero-order chi connectivity index (χ0) is 12.8. The third kappa shape index (κ3) is 4.19. The monoisotopic (exact) mass is 236 g/mol. The molecule has 0 saturated carbocycles. The van der Waals surface area contributed by atoms with Gasteiger partial charge in [0.25, 0.3) is 0 Å². The molecule has 0 aliphatic heterocycles. The summed E-state index contributed by atoms with van der Waals surface area (Å²) in [4.78, 5) is 0. The lowest BCUT2D eigenvalue weighted by atomic mass is 9.99. The van der Waals surface area contributed by atoms with Crippen LogP contribution in [0.1, 0.15) is 52.1 Å². The molecule has 2 heteroatoms. The van der Waals surface area contributed by atoms with E-state index in [1.165, 1.54) is 18.4 Å². The van der Waals surface area contributed by atoms with E-state index in [-0.39, 0.29) is 0 Å². The highest BCUT2D eigenvalue weighted by Crippen LogP contribution is 2.22.